The summed E-state index contributed by atoms with van der Waals surface area (Å²) in [5.41, 5.74) is 6.84. The van der Waals surface area contributed by atoms with Gasteiger partial charge in [-0.15, -0.1) is 0 Å². The smallest absolute Gasteiger partial charge is 0.254 e. The summed E-state index contributed by atoms with van der Waals surface area (Å²) in [7, 11) is 3.17. The van der Waals surface area contributed by atoms with E-state index in [-0.39, 0.29) is 25.0 Å². The van der Waals surface area contributed by atoms with Crippen molar-refractivity contribution in [1.82, 2.24) is 10.2 Å². The first-order valence-electron chi connectivity index (χ1n) is 9.54. The van der Waals surface area contributed by atoms with Crippen LogP contribution in [0, 0.1) is 0 Å². The summed E-state index contributed by atoms with van der Waals surface area (Å²) in [4.78, 5) is 37.5. The fourth-order valence-corrected chi connectivity index (χ4v) is 2.76. The molecule has 2 aromatic carbocycles. The number of hydrogen-bond donors (Lipinski definition) is 2. The molecule has 0 saturated carbocycles. The van der Waals surface area contributed by atoms with Crippen LogP contribution in [0.5, 0.6) is 5.75 Å². The Morgan fingerprint density at radius 1 is 1.10 bits per heavy atom. The molecule has 3 amide bonds. The zero-order chi connectivity index (χ0) is 21.9. The summed E-state index contributed by atoms with van der Waals surface area (Å²) < 4.78 is 10.6. The summed E-state index contributed by atoms with van der Waals surface area (Å²) in [5, 5.41) is 2.75. The van der Waals surface area contributed by atoms with Crippen LogP contribution in [0.4, 0.5) is 0 Å². The van der Waals surface area contributed by atoms with Crippen molar-refractivity contribution in [3.8, 4) is 5.75 Å². The maximum absolute atomic E-state index is 12.7. The highest BCUT2D eigenvalue weighted by atomic mass is 16.5. The van der Waals surface area contributed by atoms with Crippen molar-refractivity contribution in [3.63, 3.8) is 0 Å². The van der Waals surface area contributed by atoms with Crippen molar-refractivity contribution >= 4 is 17.7 Å². The lowest BCUT2D eigenvalue weighted by Gasteiger charge is -2.17. The standard InChI is InChI=1S/C22H27N3O5/c1-25(14-20(26)24-11-6-12-29-2)22(28)17-8-5-7-16(13-17)15-30-19-10-4-3-9-18(19)21(23)27/h3-5,7-10,13H,6,11-12,14-15H2,1-2H3,(H2,23,27)(H,24,26). The van der Waals surface area contributed by atoms with E-state index in [9.17, 15) is 14.4 Å². The van der Waals surface area contributed by atoms with Crippen molar-refractivity contribution in [2.45, 2.75) is 13.0 Å². The molecular formula is C22H27N3O5. The van der Waals surface area contributed by atoms with Gasteiger partial charge in [0.05, 0.1) is 12.1 Å². The molecule has 0 aliphatic heterocycles. The molecule has 0 aromatic heterocycles. The Bertz CT molecular complexity index is 885. The van der Waals surface area contributed by atoms with Crippen LogP contribution >= 0.6 is 0 Å². The van der Waals surface area contributed by atoms with Gasteiger partial charge in [0, 0.05) is 32.9 Å². The van der Waals surface area contributed by atoms with Crippen molar-refractivity contribution < 1.29 is 23.9 Å². The monoisotopic (exact) mass is 413 g/mol. The van der Waals surface area contributed by atoms with Crippen LogP contribution in [-0.4, -0.2) is 56.5 Å². The zero-order valence-electron chi connectivity index (χ0n) is 17.2. The number of para-hydroxylation sites is 1. The van der Waals surface area contributed by atoms with E-state index >= 15 is 0 Å². The minimum atomic E-state index is -0.573. The number of methoxy groups -OCH3 is 1. The molecule has 0 fully saturated rings. The number of amides is 3. The average Bonchev–Trinajstić information content (AvgIpc) is 2.75. The number of benzene rings is 2. The molecule has 0 spiro atoms. The van der Waals surface area contributed by atoms with Crippen LogP contribution in [0.25, 0.3) is 0 Å². The average molecular weight is 413 g/mol. The summed E-state index contributed by atoms with van der Waals surface area (Å²) in [6, 6.07) is 13.6. The SMILES string of the molecule is COCCCNC(=O)CN(C)C(=O)c1cccc(COc2ccccc2C(N)=O)c1. The number of primary amides is 1. The number of nitrogens with zero attached hydrogens (tertiary/aromatic N) is 1. The molecule has 0 radical (unpaired) electrons. The second kappa shape index (κ2) is 11.6. The van der Waals surface area contributed by atoms with E-state index in [2.05, 4.69) is 5.32 Å². The molecule has 8 nitrogen and oxygen atoms in total. The van der Waals surface area contributed by atoms with E-state index in [1.807, 2.05) is 6.07 Å². The summed E-state index contributed by atoms with van der Waals surface area (Å²) in [6.07, 6.45) is 0.709. The number of carbonyl (C=O) groups excluding carboxylic acids is 3. The van der Waals surface area contributed by atoms with Crippen LogP contribution in [0.15, 0.2) is 48.5 Å². The Balaban J connectivity index is 1.95. The number of ether oxygens (including phenoxy) is 2. The van der Waals surface area contributed by atoms with Gasteiger partial charge in [0.2, 0.25) is 5.91 Å². The van der Waals surface area contributed by atoms with Crippen LogP contribution in [0.2, 0.25) is 0 Å². The molecule has 0 unspecified atom stereocenters. The first-order valence-corrected chi connectivity index (χ1v) is 9.54. The molecule has 0 atom stereocenters. The lowest BCUT2D eigenvalue weighted by Crippen LogP contribution is -2.38. The van der Waals surface area contributed by atoms with Gasteiger partial charge < -0.3 is 25.4 Å². The Morgan fingerprint density at radius 2 is 1.87 bits per heavy atom. The van der Waals surface area contributed by atoms with Gasteiger partial charge in [-0.1, -0.05) is 24.3 Å². The van der Waals surface area contributed by atoms with E-state index in [1.54, 1.807) is 56.6 Å². The molecule has 0 bridgehead atoms. The van der Waals surface area contributed by atoms with Gasteiger partial charge in [-0.05, 0) is 36.2 Å². The number of hydrogen-bond acceptors (Lipinski definition) is 5. The topological polar surface area (TPSA) is 111 Å². The Hall–Kier alpha value is -3.39. The van der Waals surface area contributed by atoms with Crippen molar-refractivity contribution in [3.05, 3.63) is 65.2 Å². The van der Waals surface area contributed by atoms with E-state index in [0.717, 1.165) is 5.56 Å². The number of carbonyl (C=O) groups is 3. The van der Waals surface area contributed by atoms with Gasteiger partial charge in [-0.2, -0.15) is 0 Å². The van der Waals surface area contributed by atoms with Crippen LogP contribution in [-0.2, 0) is 16.1 Å². The molecule has 0 saturated heterocycles. The minimum absolute atomic E-state index is 0.0431. The molecular weight excluding hydrogens is 386 g/mol. The summed E-state index contributed by atoms with van der Waals surface area (Å²) in [6.45, 7) is 1.18. The zero-order valence-corrected chi connectivity index (χ0v) is 17.2. The normalized spacial score (nSPS) is 10.3. The molecule has 2 aromatic rings. The molecule has 0 heterocycles. The lowest BCUT2D eigenvalue weighted by molar-refractivity contribution is -0.121. The second-order valence-corrected chi connectivity index (χ2v) is 6.71. The number of nitrogens with two attached hydrogens (primary N) is 1. The second-order valence-electron chi connectivity index (χ2n) is 6.71. The van der Waals surface area contributed by atoms with Gasteiger partial charge in [0.25, 0.3) is 11.8 Å². The summed E-state index contributed by atoms with van der Waals surface area (Å²) in [5.74, 6) is -0.702. The number of nitrogens with one attached hydrogen (secondary N) is 1. The highest BCUT2D eigenvalue weighted by molar-refractivity contribution is 5.96. The highest BCUT2D eigenvalue weighted by Crippen LogP contribution is 2.19. The third kappa shape index (κ3) is 6.89. The molecule has 0 aliphatic carbocycles. The molecule has 160 valence electrons. The maximum Gasteiger partial charge on any atom is 0.254 e. The van der Waals surface area contributed by atoms with Crippen LogP contribution in [0.1, 0.15) is 32.7 Å². The maximum atomic E-state index is 12.7. The molecule has 30 heavy (non-hydrogen) atoms. The van der Waals surface area contributed by atoms with Crippen LogP contribution in [0.3, 0.4) is 0 Å². The van der Waals surface area contributed by atoms with Crippen molar-refractivity contribution in [2.75, 3.05) is 33.9 Å². The number of likely N-dealkylation sites (N-methyl/N-ethyl adjacent to an activating group) is 1. The van der Waals surface area contributed by atoms with E-state index in [1.165, 1.54) is 4.90 Å². The third-order valence-corrected chi connectivity index (χ3v) is 4.30. The highest BCUT2D eigenvalue weighted by Gasteiger charge is 2.15. The Kier molecular flexibility index (Phi) is 8.83. The van der Waals surface area contributed by atoms with E-state index in [0.29, 0.717) is 36.4 Å². The van der Waals surface area contributed by atoms with E-state index in [4.69, 9.17) is 15.2 Å². The fourth-order valence-electron chi connectivity index (χ4n) is 2.76. The Morgan fingerprint density at radius 3 is 2.60 bits per heavy atom. The molecule has 3 N–H and O–H groups in total. The van der Waals surface area contributed by atoms with Gasteiger partial charge in [-0.25, -0.2) is 0 Å². The third-order valence-electron chi connectivity index (χ3n) is 4.30. The molecule has 2 rings (SSSR count). The quantitative estimate of drug-likeness (QED) is 0.544. The lowest BCUT2D eigenvalue weighted by atomic mass is 10.1. The van der Waals surface area contributed by atoms with Gasteiger partial charge in [0.15, 0.2) is 0 Å². The van der Waals surface area contributed by atoms with Gasteiger partial charge >= 0.3 is 0 Å². The first kappa shape index (κ1) is 22.9. The fraction of sp³-hybridized carbons (Fsp3) is 0.318. The number of rotatable bonds is 11. The Labute approximate surface area is 175 Å². The van der Waals surface area contributed by atoms with Crippen molar-refractivity contribution in [2.24, 2.45) is 5.73 Å². The van der Waals surface area contributed by atoms with Gasteiger partial charge in [-0.3, -0.25) is 14.4 Å². The van der Waals surface area contributed by atoms with Crippen LogP contribution < -0.4 is 15.8 Å². The van der Waals surface area contributed by atoms with Crippen molar-refractivity contribution in [1.29, 1.82) is 0 Å². The van der Waals surface area contributed by atoms with Gasteiger partial charge in [0.1, 0.15) is 12.4 Å². The first-order chi connectivity index (χ1) is 14.4. The predicted molar refractivity (Wildman–Crippen MR) is 112 cm³/mol. The minimum Gasteiger partial charge on any atom is -0.488 e. The summed E-state index contributed by atoms with van der Waals surface area (Å²) >= 11 is 0. The van der Waals surface area contributed by atoms with E-state index < -0.39 is 5.91 Å². The molecule has 0 aliphatic rings. The largest absolute Gasteiger partial charge is 0.488 e. The molecule has 8 heteroatoms. The predicted octanol–water partition coefficient (Wildman–Crippen LogP) is 1.59.